The van der Waals surface area contributed by atoms with Crippen molar-refractivity contribution in [1.29, 1.82) is 0 Å². The maximum atomic E-state index is 12.6. The number of nitrogens with one attached hydrogen (secondary N) is 3. The van der Waals surface area contributed by atoms with Crippen LogP contribution in [-0.2, 0) is 14.3 Å². The second kappa shape index (κ2) is 7.92. The van der Waals surface area contributed by atoms with Gasteiger partial charge in [-0.15, -0.1) is 0 Å². The van der Waals surface area contributed by atoms with Gasteiger partial charge in [-0.05, 0) is 32.9 Å². The molecule has 0 radical (unpaired) electrons. The monoisotopic (exact) mass is 364 g/mol. The Balaban J connectivity index is 1.93. The number of amides is 2. The molecule has 3 N–H and O–H groups in total. The average Bonchev–Trinajstić information content (AvgIpc) is 3.07. The summed E-state index contributed by atoms with van der Waals surface area (Å²) < 4.78 is 16.5. The van der Waals surface area contributed by atoms with Gasteiger partial charge in [0.25, 0.3) is 0 Å². The molecule has 0 bridgehead atoms. The van der Waals surface area contributed by atoms with Crippen molar-refractivity contribution in [2.24, 2.45) is 0 Å². The van der Waals surface area contributed by atoms with Crippen molar-refractivity contribution in [1.82, 2.24) is 10.6 Å². The molecule has 2 aliphatic rings. The molecular weight excluding hydrogens is 338 g/mol. The zero-order chi connectivity index (χ0) is 18.7. The second-order valence-corrected chi connectivity index (χ2v) is 6.75. The highest BCUT2D eigenvalue weighted by molar-refractivity contribution is 5.95. The molecule has 0 unspecified atom stereocenters. The lowest BCUT2D eigenvalue weighted by Crippen LogP contribution is -3.15. The molecule has 0 aliphatic carbocycles. The molecule has 1 aromatic heterocycles. The quantitative estimate of drug-likeness (QED) is 0.647. The minimum Gasteiger partial charge on any atom is -0.467 e. The van der Waals surface area contributed by atoms with Crippen molar-refractivity contribution in [3.63, 3.8) is 0 Å². The Morgan fingerprint density at radius 1 is 1.35 bits per heavy atom. The molecular formula is C18H26N3O5+. The summed E-state index contributed by atoms with van der Waals surface area (Å²) in [5.41, 5.74) is 0.964. The number of urea groups is 1. The molecule has 2 amide bonds. The number of hydrogen-bond donors (Lipinski definition) is 3. The fourth-order valence-corrected chi connectivity index (χ4v) is 3.66. The van der Waals surface area contributed by atoms with E-state index in [1.807, 2.05) is 13.8 Å². The molecule has 1 aromatic rings. The largest absolute Gasteiger partial charge is 0.467 e. The second-order valence-electron chi connectivity index (χ2n) is 6.75. The Morgan fingerprint density at radius 2 is 2.08 bits per heavy atom. The first-order chi connectivity index (χ1) is 12.5. The van der Waals surface area contributed by atoms with Gasteiger partial charge in [0.15, 0.2) is 0 Å². The standard InChI is InChI=1S/C18H25N3O5/c1-4-24-17(22)15-13(10-21-8-11(2)26-12(3)9-21)19-18(23)20-16(15)14-6-5-7-25-14/h5-7,11-12,16H,4,8-10H2,1-3H3,(H2,19,20,23)/p+1/t11-,12-,16-/m1/s1. The van der Waals surface area contributed by atoms with Gasteiger partial charge in [-0.3, -0.25) is 0 Å². The van der Waals surface area contributed by atoms with Crippen LogP contribution in [0, 0.1) is 0 Å². The zero-order valence-corrected chi connectivity index (χ0v) is 15.3. The van der Waals surface area contributed by atoms with Gasteiger partial charge in [-0.2, -0.15) is 0 Å². The van der Waals surface area contributed by atoms with E-state index in [1.54, 1.807) is 19.1 Å². The van der Waals surface area contributed by atoms with Gasteiger partial charge in [-0.1, -0.05) is 0 Å². The van der Waals surface area contributed by atoms with E-state index in [0.717, 1.165) is 13.1 Å². The van der Waals surface area contributed by atoms with Crippen molar-refractivity contribution in [3.05, 3.63) is 35.4 Å². The highest BCUT2D eigenvalue weighted by Gasteiger charge is 2.37. The highest BCUT2D eigenvalue weighted by atomic mass is 16.5. The van der Waals surface area contributed by atoms with Crippen molar-refractivity contribution < 1.29 is 28.4 Å². The first-order valence-electron chi connectivity index (χ1n) is 8.98. The SMILES string of the molecule is CCOC(=O)C1=C(C[NH+]2C[C@@H](C)O[C@H](C)C2)NC(=O)N[C@@H]1c1ccco1. The molecule has 2 aliphatic heterocycles. The van der Waals surface area contributed by atoms with E-state index < -0.39 is 12.0 Å². The Kier molecular flexibility index (Phi) is 5.63. The Hall–Kier alpha value is -2.32. The number of carbonyl (C=O) groups excluding carboxylic acids is 2. The topological polar surface area (TPSA) is 94.2 Å². The van der Waals surface area contributed by atoms with Gasteiger partial charge in [0, 0.05) is 0 Å². The molecule has 3 heterocycles. The fraction of sp³-hybridized carbons (Fsp3) is 0.556. The summed E-state index contributed by atoms with van der Waals surface area (Å²) in [4.78, 5) is 26.1. The van der Waals surface area contributed by atoms with Crippen LogP contribution in [0.5, 0.6) is 0 Å². The molecule has 1 saturated heterocycles. The van der Waals surface area contributed by atoms with Gasteiger partial charge in [0.2, 0.25) is 0 Å². The number of esters is 1. The number of ether oxygens (including phenoxy) is 2. The fourth-order valence-electron chi connectivity index (χ4n) is 3.66. The van der Waals surface area contributed by atoms with Crippen LogP contribution in [0.15, 0.2) is 34.1 Å². The smallest absolute Gasteiger partial charge is 0.338 e. The molecule has 8 nitrogen and oxygen atoms in total. The molecule has 3 rings (SSSR count). The number of quaternary nitrogens is 1. The molecule has 0 spiro atoms. The molecule has 8 heteroatoms. The third-order valence-electron chi connectivity index (χ3n) is 4.52. The van der Waals surface area contributed by atoms with Crippen molar-refractivity contribution in [3.8, 4) is 0 Å². The Morgan fingerprint density at radius 3 is 2.69 bits per heavy atom. The number of hydrogen-bond acceptors (Lipinski definition) is 5. The summed E-state index contributed by atoms with van der Waals surface area (Å²) >= 11 is 0. The number of carbonyl (C=O) groups is 2. The minimum atomic E-state index is -0.664. The normalized spacial score (nSPS) is 29.1. The van der Waals surface area contributed by atoms with Gasteiger partial charge in [0.05, 0.1) is 24.1 Å². The molecule has 26 heavy (non-hydrogen) atoms. The summed E-state index contributed by atoms with van der Waals surface area (Å²) in [6.45, 7) is 8.19. The van der Waals surface area contributed by atoms with Crippen molar-refractivity contribution in [2.75, 3.05) is 26.2 Å². The van der Waals surface area contributed by atoms with Crippen LogP contribution in [0.2, 0.25) is 0 Å². The van der Waals surface area contributed by atoms with Crippen LogP contribution >= 0.6 is 0 Å². The molecule has 142 valence electrons. The van der Waals surface area contributed by atoms with E-state index in [1.165, 1.54) is 11.2 Å². The van der Waals surface area contributed by atoms with Crippen LogP contribution in [0.4, 0.5) is 4.79 Å². The summed E-state index contributed by atoms with van der Waals surface area (Å²) in [6, 6.07) is 2.44. The summed E-state index contributed by atoms with van der Waals surface area (Å²) in [7, 11) is 0. The molecule has 1 fully saturated rings. The third kappa shape index (κ3) is 4.08. The van der Waals surface area contributed by atoms with Gasteiger partial charge < -0.3 is 29.4 Å². The zero-order valence-electron chi connectivity index (χ0n) is 15.3. The van der Waals surface area contributed by atoms with Crippen molar-refractivity contribution in [2.45, 2.75) is 39.0 Å². The summed E-state index contributed by atoms with van der Waals surface area (Å²) in [6.07, 6.45) is 1.76. The van der Waals surface area contributed by atoms with Gasteiger partial charge in [-0.25, -0.2) is 9.59 Å². The van der Waals surface area contributed by atoms with E-state index in [2.05, 4.69) is 10.6 Å². The highest BCUT2D eigenvalue weighted by Crippen LogP contribution is 2.27. The van der Waals surface area contributed by atoms with Gasteiger partial charge in [0.1, 0.15) is 43.6 Å². The van der Waals surface area contributed by atoms with E-state index in [0.29, 0.717) is 23.6 Å². The minimum absolute atomic E-state index is 0.124. The number of furan rings is 1. The van der Waals surface area contributed by atoms with E-state index >= 15 is 0 Å². The molecule has 0 saturated carbocycles. The van der Waals surface area contributed by atoms with Crippen LogP contribution in [-0.4, -0.2) is 50.4 Å². The lowest BCUT2D eigenvalue weighted by Gasteiger charge is -2.34. The predicted molar refractivity (Wildman–Crippen MR) is 92.3 cm³/mol. The molecule has 0 aromatic carbocycles. The predicted octanol–water partition coefficient (Wildman–Crippen LogP) is 0.143. The maximum absolute atomic E-state index is 12.6. The summed E-state index contributed by atoms with van der Waals surface area (Å²) in [5, 5.41) is 5.56. The lowest BCUT2D eigenvalue weighted by atomic mass is 9.99. The number of rotatable bonds is 5. The molecule has 3 atom stereocenters. The number of morpholine rings is 1. The first kappa shape index (κ1) is 18.5. The maximum Gasteiger partial charge on any atom is 0.338 e. The van der Waals surface area contributed by atoms with Gasteiger partial charge >= 0.3 is 12.0 Å². The average molecular weight is 364 g/mol. The Bertz CT molecular complexity index is 675. The van der Waals surface area contributed by atoms with E-state index in [4.69, 9.17) is 13.9 Å². The van der Waals surface area contributed by atoms with Crippen LogP contribution < -0.4 is 15.5 Å². The Labute approximate surface area is 152 Å². The van der Waals surface area contributed by atoms with E-state index in [-0.39, 0.29) is 24.8 Å². The third-order valence-corrected chi connectivity index (χ3v) is 4.52. The van der Waals surface area contributed by atoms with Crippen LogP contribution in [0.3, 0.4) is 0 Å². The lowest BCUT2D eigenvalue weighted by molar-refractivity contribution is -0.910. The summed E-state index contributed by atoms with van der Waals surface area (Å²) in [5.74, 6) is 0.0456. The van der Waals surface area contributed by atoms with Crippen LogP contribution in [0.25, 0.3) is 0 Å². The first-order valence-corrected chi connectivity index (χ1v) is 8.98. The van der Waals surface area contributed by atoms with Crippen molar-refractivity contribution >= 4 is 12.0 Å². The van der Waals surface area contributed by atoms with Crippen LogP contribution in [0.1, 0.15) is 32.6 Å². The van der Waals surface area contributed by atoms with E-state index in [9.17, 15) is 9.59 Å².